The summed E-state index contributed by atoms with van der Waals surface area (Å²) in [6.45, 7) is 5.26. The second-order valence-electron chi connectivity index (χ2n) is 15.8. The second kappa shape index (κ2) is 21.3. The molecule has 5 aromatic rings. The lowest BCUT2D eigenvalue weighted by Crippen LogP contribution is -2.68. The highest BCUT2D eigenvalue weighted by molar-refractivity contribution is 5.27. The van der Waals surface area contributed by atoms with Crippen molar-refractivity contribution in [3.05, 3.63) is 186 Å². The Labute approximate surface area is 368 Å². The van der Waals surface area contributed by atoms with Crippen molar-refractivity contribution in [1.82, 2.24) is 0 Å². The van der Waals surface area contributed by atoms with E-state index in [-0.39, 0.29) is 39.6 Å². The summed E-state index contributed by atoms with van der Waals surface area (Å²) in [4.78, 5) is 0. The van der Waals surface area contributed by atoms with Crippen molar-refractivity contribution in [1.29, 1.82) is 0 Å². The molecule has 0 radical (unpaired) electrons. The topological polar surface area (TPSA) is 111 Å². The Bertz CT molecular complexity index is 2130. The minimum absolute atomic E-state index is 0.206. The lowest BCUT2D eigenvalue weighted by atomic mass is 9.95. The molecule has 0 bridgehead atoms. The van der Waals surface area contributed by atoms with E-state index in [4.69, 9.17) is 56.8 Å². The minimum Gasteiger partial charge on any atom is -0.497 e. The Morgan fingerprint density at radius 2 is 0.937 bits per heavy atom. The van der Waals surface area contributed by atoms with Gasteiger partial charge in [0.15, 0.2) is 25.2 Å². The smallest absolute Gasteiger partial charge is 0.187 e. The lowest BCUT2D eigenvalue weighted by Gasteiger charge is -2.52. The highest BCUT2D eigenvalue weighted by atomic mass is 16.8. The van der Waals surface area contributed by atoms with Crippen LogP contribution in [0.4, 0.5) is 0 Å². The van der Waals surface area contributed by atoms with Crippen LogP contribution >= 0.6 is 0 Å². The molecule has 4 heterocycles. The molecule has 330 valence electrons. The van der Waals surface area contributed by atoms with Crippen molar-refractivity contribution in [2.75, 3.05) is 26.9 Å². The first-order valence-electron chi connectivity index (χ1n) is 21.5. The Kier molecular flexibility index (Phi) is 14.7. The van der Waals surface area contributed by atoms with Crippen LogP contribution in [0.1, 0.15) is 40.4 Å². The highest BCUT2D eigenvalue weighted by Crippen LogP contribution is 2.42. The minimum atomic E-state index is -1.04. The van der Waals surface area contributed by atoms with Gasteiger partial charge in [-0.1, -0.05) is 140 Å². The van der Waals surface area contributed by atoms with Crippen LogP contribution in [0.5, 0.6) is 5.75 Å². The monoisotopic (exact) mass is 858 g/mol. The van der Waals surface area contributed by atoms with Crippen LogP contribution in [-0.2, 0) is 71.9 Å². The maximum Gasteiger partial charge on any atom is 0.187 e. The molecule has 4 aliphatic heterocycles. The summed E-state index contributed by atoms with van der Waals surface area (Å²) in [5, 5.41) is 0. The van der Waals surface area contributed by atoms with Crippen molar-refractivity contribution >= 4 is 0 Å². The molecule has 0 aromatic heterocycles. The zero-order chi connectivity index (χ0) is 42.8. The van der Waals surface area contributed by atoms with Gasteiger partial charge in [-0.05, 0) is 28.8 Å². The molecule has 0 saturated carbocycles. The van der Waals surface area contributed by atoms with Crippen molar-refractivity contribution in [2.24, 2.45) is 0 Å². The molecule has 0 spiro atoms. The van der Waals surface area contributed by atoms with E-state index in [1.807, 2.05) is 146 Å². The fourth-order valence-corrected chi connectivity index (χ4v) is 8.36. The fourth-order valence-electron chi connectivity index (χ4n) is 8.36. The SMILES string of the molecule is C=CCO[C@@H]1O[C@@H]2COC(c3ccccc3)O[C@@H]2[C@H](O[C@@H]2O[C@@H]3COC(c4ccccc4)O[C@@H]3[C@H](OCc3ccc(OC)cc3)[C@H]2OCc2ccccc2)[C@H]1OCc1ccccc1. The van der Waals surface area contributed by atoms with Crippen LogP contribution in [0.3, 0.4) is 0 Å². The maximum absolute atomic E-state index is 7.33. The van der Waals surface area contributed by atoms with Crippen LogP contribution < -0.4 is 4.74 Å². The predicted molar refractivity (Wildman–Crippen MR) is 230 cm³/mol. The highest BCUT2D eigenvalue weighted by Gasteiger charge is 2.57. The van der Waals surface area contributed by atoms with Crippen molar-refractivity contribution in [2.45, 2.75) is 93.8 Å². The van der Waals surface area contributed by atoms with Crippen molar-refractivity contribution < 1.29 is 56.8 Å². The molecule has 5 aromatic carbocycles. The van der Waals surface area contributed by atoms with Gasteiger partial charge in [0.2, 0.25) is 0 Å². The van der Waals surface area contributed by atoms with Gasteiger partial charge in [-0.15, -0.1) is 6.58 Å². The first kappa shape index (κ1) is 43.5. The molecule has 0 aliphatic carbocycles. The van der Waals surface area contributed by atoms with Gasteiger partial charge in [-0.25, -0.2) is 0 Å². The van der Waals surface area contributed by atoms with Crippen LogP contribution in [0.25, 0.3) is 0 Å². The first-order chi connectivity index (χ1) is 31.1. The molecule has 4 fully saturated rings. The van der Waals surface area contributed by atoms with E-state index in [1.54, 1.807) is 13.2 Å². The van der Waals surface area contributed by atoms with E-state index >= 15 is 0 Å². The largest absolute Gasteiger partial charge is 0.497 e. The van der Waals surface area contributed by atoms with Gasteiger partial charge in [-0.3, -0.25) is 0 Å². The number of hydrogen-bond acceptors (Lipinski definition) is 12. The molecular weight excluding hydrogens is 805 g/mol. The summed E-state index contributed by atoms with van der Waals surface area (Å²) in [7, 11) is 1.65. The standard InChI is InChI=1S/C51H54O12/c1-3-28-53-50-47(56-30-35-18-10-5-11-19-35)45(43-41(59-50)33-58-49(62-43)38-22-14-7-15-23-38)63-51-46(55-29-34-16-8-4-9-17-34)44(54-31-36-24-26-39(52-2)27-25-36)42-40(60-51)32-57-48(61-42)37-20-12-6-13-21-37/h3-27,40-51H,1,28-33H2,2H3/t40-,41-,42+,43+,44+,45+,46-,47-,48?,49?,50-,51+/m1/s1. The van der Waals surface area contributed by atoms with Crippen LogP contribution in [0, 0.1) is 0 Å². The Balaban J connectivity index is 1.08. The van der Waals surface area contributed by atoms with E-state index in [0.29, 0.717) is 0 Å². The summed E-state index contributed by atoms with van der Waals surface area (Å²) in [6, 6.07) is 47.3. The van der Waals surface area contributed by atoms with Gasteiger partial charge in [0.25, 0.3) is 0 Å². The van der Waals surface area contributed by atoms with E-state index in [9.17, 15) is 0 Å². The van der Waals surface area contributed by atoms with Crippen LogP contribution in [0.2, 0.25) is 0 Å². The zero-order valence-electron chi connectivity index (χ0n) is 35.2. The van der Waals surface area contributed by atoms with Gasteiger partial charge in [0.1, 0.15) is 54.6 Å². The molecule has 12 nitrogen and oxygen atoms in total. The van der Waals surface area contributed by atoms with Gasteiger partial charge >= 0.3 is 0 Å². The Morgan fingerprint density at radius 1 is 0.492 bits per heavy atom. The molecule has 12 heteroatoms. The zero-order valence-corrected chi connectivity index (χ0v) is 35.2. The summed E-state index contributed by atoms with van der Waals surface area (Å²) >= 11 is 0. The van der Waals surface area contributed by atoms with Gasteiger partial charge in [0.05, 0.1) is 46.8 Å². The molecule has 2 unspecified atom stereocenters. The third kappa shape index (κ3) is 10.6. The molecule has 4 aliphatic rings. The molecule has 4 saturated heterocycles. The molecule has 9 rings (SSSR count). The summed E-state index contributed by atoms with van der Waals surface area (Å²) in [5.74, 6) is 0.750. The summed E-state index contributed by atoms with van der Waals surface area (Å²) in [5.41, 5.74) is 4.61. The first-order valence-corrected chi connectivity index (χ1v) is 21.5. The summed E-state index contributed by atoms with van der Waals surface area (Å²) < 4.78 is 79.6. The Hall–Kier alpha value is -4.80. The van der Waals surface area contributed by atoms with Crippen molar-refractivity contribution in [3.8, 4) is 5.75 Å². The van der Waals surface area contributed by atoms with Gasteiger partial charge in [-0.2, -0.15) is 0 Å². The number of benzene rings is 5. The number of methoxy groups -OCH3 is 1. The number of hydrogen-bond donors (Lipinski definition) is 0. The molecule has 63 heavy (non-hydrogen) atoms. The van der Waals surface area contributed by atoms with Gasteiger partial charge < -0.3 is 56.8 Å². The van der Waals surface area contributed by atoms with E-state index in [1.165, 1.54) is 0 Å². The fraction of sp³-hybridized carbons (Fsp3) is 0.373. The van der Waals surface area contributed by atoms with E-state index in [2.05, 4.69) is 6.58 Å². The van der Waals surface area contributed by atoms with Crippen LogP contribution in [0.15, 0.2) is 158 Å². The van der Waals surface area contributed by atoms with Crippen molar-refractivity contribution in [3.63, 3.8) is 0 Å². The molecule has 0 amide bonds. The quantitative estimate of drug-likeness (QED) is 0.0845. The predicted octanol–water partition coefficient (Wildman–Crippen LogP) is 8.02. The molecule has 12 atom stereocenters. The summed E-state index contributed by atoms with van der Waals surface area (Å²) in [6.07, 6.45) is -7.25. The number of fused-ring (bicyclic) bond motifs is 2. The average Bonchev–Trinajstić information content (AvgIpc) is 3.35. The second-order valence-corrected chi connectivity index (χ2v) is 15.8. The average molecular weight is 859 g/mol. The molecular formula is C51H54O12. The molecule has 0 N–H and O–H groups in total. The number of ether oxygens (including phenoxy) is 12. The third-order valence-corrected chi connectivity index (χ3v) is 11.6. The normalized spacial score (nSPS) is 30.4. The number of rotatable bonds is 17. The lowest BCUT2D eigenvalue weighted by molar-refractivity contribution is -0.412. The van der Waals surface area contributed by atoms with E-state index < -0.39 is 74.0 Å². The Morgan fingerprint density at radius 3 is 1.44 bits per heavy atom. The van der Waals surface area contributed by atoms with Crippen LogP contribution in [-0.4, -0.2) is 88.3 Å². The van der Waals surface area contributed by atoms with E-state index in [0.717, 1.165) is 33.6 Å². The third-order valence-electron chi connectivity index (χ3n) is 11.6. The maximum atomic E-state index is 7.33. The van der Waals surface area contributed by atoms with Gasteiger partial charge in [0, 0.05) is 11.1 Å².